The van der Waals surface area contributed by atoms with Crippen LogP contribution >= 0.6 is 0 Å². The van der Waals surface area contributed by atoms with Gasteiger partial charge in [0.2, 0.25) is 0 Å². The molecule has 2 N–H and O–H groups in total. The van der Waals surface area contributed by atoms with Crippen LogP contribution < -0.4 is 10.6 Å². The van der Waals surface area contributed by atoms with Crippen LogP contribution in [0.25, 0.3) is 0 Å². The lowest BCUT2D eigenvalue weighted by Crippen LogP contribution is -2.23. The number of anilines is 1. The smallest absolute Gasteiger partial charge is 0.251 e. The first-order valence-corrected chi connectivity index (χ1v) is 9.43. The molecule has 1 heterocycles. The zero-order valence-corrected chi connectivity index (χ0v) is 15.4. The van der Waals surface area contributed by atoms with Crippen LogP contribution in [0.1, 0.15) is 53.6 Å². The van der Waals surface area contributed by atoms with Crippen molar-refractivity contribution in [2.24, 2.45) is 0 Å². The van der Waals surface area contributed by atoms with Gasteiger partial charge in [-0.3, -0.25) is 4.79 Å². The molecule has 26 heavy (non-hydrogen) atoms. The number of aromatic nitrogens is 1. The van der Waals surface area contributed by atoms with Gasteiger partial charge in [-0.05, 0) is 62.3 Å². The Balaban J connectivity index is 1.52. The predicted octanol–water partition coefficient (Wildman–Crippen LogP) is 4.62. The fourth-order valence-corrected chi connectivity index (χ4v) is 3.24. The molecule has 4 heteroatoms. The maximum absolute atomic E-state index is 12.4. The number of hydrogen-bond donors (Lipinski definition) is 2. The van der Waals surface area contributed by atoms with Gasteiger partial charge in [0.15, 0.2) is 0 Å². The molecule has 0 aliphatic heterocycles. The molecule has 1 aliphatic rings. The molecule has 1 aromatic carbocycles. The van der Waals surface area contributed by atoms with E-state index in [1.807, 2.05) is 24.3 Å². The summed E-state index contributed by atoms with van der Waals surface area (Å²) in [5.41, 5.74) is 4.49. The van der Waals surface area contributed by atoms with E-state index in [0.717, 1.165) is 24.3 Å². The van der Waals surface area contributed by atoms with Crippen molar-refractivity contribution in [3.05, 3.63) is 70.9 Å². The molecule has 0 spiro atoms. The number of aryl methyl sites for hydroxylation is 1. The van der Waals surface area contributed by atoms with E-state index < -0.39 is 0 Å². The Morgan fingerprint density at radius 2 is 2.08 bits per heavy atom. The van der Waals surface area contributed by atoms with Crippen molar-refractivity contribution in [3.63, 3.8) is 0 Å². The third kappa shape index (κ3) is 5.19. The van der Waals surface area contributed by atoms with E-state index >= 15 is 0 Å². The van der Waals surface area contributed by atoms with Gasteiger partial charge < -0.3 is 10.6 Å². The molecular weight excluding hydrogens is 322 g/mol. The second-order valence-corrected chi connectivity index (χ2v) is 6.82. The quantitative estimate of drug-likeness (QED) is 0.717. The minimum absolute atomic E-state index is 0.0753. The van der Waals surface area contributed by atoms with E-state index in [0.29, 0.717) is 12.1 Å². The molecule has 1 amide bonds. The average Bonchev–Trinajstić information content (AvgIpc) is 2.68. The van der Waals surface area contributed by atoms with Crippen LogP contribution in [0.5, 0.6) is 0 Å². The van der Waals surface area contributed by atoms with Gasteiger partial charge in [0.1, 0.15) is 5.82 Å². The van der Waals surface area contributed by atoms with E-state index in [-0.39, 0.29) is 5.91 Å². The zero-order valence-electron chi connectivity index (χ0n) is 15.4. The van der Waals surface area contributed by atoms with Crippen LogP contribution in [-0.2, 0) is 6.54 Å². The van der Waals surface area contributed by atoms with Gasteiger partial charge in [-0.25, -0.2) is 4.98 Å². The molecule has 0 atom stereocenters. The standard InChI is InChI=1S/C22H27N3O/c1-17-7-5-6-10-20(17)16-25-22(26)19-12-14-24-21(15-19)23-13-11-18-8-3-2-4-9-18/h5-8,10,12,14-15H,2-4,9,11,13,16H2,1H3,(H,23,24)(H,25,26). The Labute approximate surface area is 155 Å². The van der Waals surface area contributed by atoms with Crippen molar-refractivity contribution in [1.29, 1.82) is 0 Å². The number of hydrogen-bond acceptors (Lipinski definition) is 3. The number of nitrogens with one attached hydrogen (secondary N) is 2. The van der Waals surface area contributed by atoms with Crippen LogP contribution in [0.2, 0.25) is 0 Å². The summed E-state index contributed by atoms with van der Waals surface area (Å²) in [7, 11) is 0. The lowest BCUT2D eigenvalue weighted by atomic mass is 9.97. The van der Waals surface area contributed by atoms with Gasteiger partial charge in [-0.2, -0.15) is 0 Å². The number of carbonyl (C=O) groups excluding carboxylic acids is 1. The third-order valence-corrected chi connectivity index (χ3v) is 4.86. The van der Waals surface area contributed by atoms with Gasteiger partial charge in [-0.1, -0.05) is 35.9 Å². The van der Waals surface area contributed by atoms with Crippen LogP contribution in [0.3, 0.4) is 0 Å². The number of benzene rings is 1. The minimum Gasteiger partial charge on any atom is -0.370 e. The molecule has 0 unspecified atom stereocenters. The Kier molecular flexibility index (Phi) is 6.42. The summed E-state index contributed by atoms with van der Waals surface area (Å²) in [6, 6.07) is 11.7. The summed E-state index contributed by atoms with van der Waals surface area (Å²) in [5.74, 6) is 0.679. The molecule has 3 rings (SSSR count). The molecule has 0 fully saturated rings. The van der Waals surface area contributed by atoms with Crippen molar-refractivity contribution in [2.75, 3.05) is 11.9 Å². The number of rotatable bonds is 7. The van der Waals surface area contributed by atoms with Crippen LogP contribution in [-0.4, -0.2) is 17.4 Å². The van der Waals surface area contributed by atoms with Crippen LogP contribution in [0.15, 0.2) is 54.2 Å². The molecule has 2 aromatic rings. The lowest BCUT2D eigenvalue weighted by molar-refractivity contribution is 0.0951. The minimum atomic E-state index is -0.0753. The molecule has 1 aliphatic carbocycles. The second-order valence-electron chi connectivity index (χ2n) is 6.82. The van der Waals surface area contributed by atoms with Crippen LogP contribution in [0, 0.1) is 6.92 Å². The summed E-state index contributed by atoms with van der Waals surface area (Å²) >= 11 is 0. The molecular formula is C22H27N3O. The van der Waals surface area contributed by atoms with Crippen molar-refractivity contribution < 1.29 is 4.79 Å². The summed E-state index contributed by atoms with van der Waals surface area (Å²) in [6.45, 7) is 3.44. The summed E-state index contributed by atoms with van der Waals surface area (Å²) < 4.78 is 0. The number of allylic oxidation sites excluding steroid dienone is 1. The van der Waals surface area contributed by atoms with Gasteiger partial charge in [0.05, 0.1) is 0 Å². The lowest BCUT2D eigenvalue weighted by Gasteiger charge is -2.13. The van der Waals surface area contributed by atoms with E-state index in [2.05, 4.69) is 34.7 Å². The molecule has 1 aromatic heterocycles. The third-order valence-electron chi connectivity index (χ3n) is 4.86. The SMILES string of the molecule is Cc1ccccc1CNC(=O)c1ccnc(NCCC2=CCCCC2)c1. The normalized spacial score (nSPS) is 13.8. The van der Waals surface area contributed by atoms with Crippen molar-refractivity contribution in [1.82, 2.24) is 10.3 Å². The second kappa shape index (κ2) is 9.18. The van der Waals surface area contributed by atoms with Gasteiger partial charge in [0, 0.05) is 24.8 Å². The number of nitrogens with zero attached hydrogens (tertiary/aromatic N) is 1. The Morgan fingerprint density at radius 1 is 1.19 bits per heavy atom. The first-order chi connectivity index (χ1) is 12.7. The van der Waals surface area contributed by atoms with Crippen LogP contribution in [0.4, 0.5) is 5.82 Å². The fourth-order valence-electron chi connectivity index (χ4n) is 3.24. The largest absolute Gasteiger partial charge is 0.370 e. The maximum atomic E-state index is 12.4. The summed E-state index contributed by atoms with van der Waals surface area (Å²) in [5, 5.41) is 6.33. The van der Waals surface area contributed by atoms with Gasteiger partial charge in [0.25, 0.3) is 5.91 Å². The number of amides is 1. The number of carbonyl (C=O) groups is 1. The van der Waals surface area contributed by atoms with Crippen molar-refractivity contribution >= 4 is 11.7 Å². The monoisotopic (exact) mass is 349 g/mol. The topological polar surface area (TPSA) is 54.0 Å². The van der Waals surface area contributed by atoms with E-state index in [9.17, 15) is 4.79 Å². The molecule has 4 nitrogen and oxygen atoms in total. The number of pyridine rings is 1. The highest BCUT2D eigenvalue weighted by atomic mass is 16.1. The predicted molar refractivity (Wildman–Crippen MR) is 106 cm³/mol. The zero-order chi connectivity index (χ0) is 18.2. The molecule has 0 saturated heterocycles. The molecule has 136 valence electrons. The van der Waals surface area contributed by atoms with Crippen molar-refractivity contribution in [2.45, 2.75) is 45.6 Å². The molecule has 0 saturated carbocycles. The first-order valence-electron chi connectivity index (χ1n) is 9.43. The average molecular weight is 349 g/mol. The molecule has 0 radical (unpaired) electrons. The highest BCUT2D eigenvalue weighted by molar-refractivity contribution is 5.94. The first kappa shape index (κ1) is 18.2. The Bertz CT molecular complexity index is 782. The highest BCUT2D eigenvalue weighted by Crippen LogP contribution is 2.20. The van der Waals surface area contributed by atoms with E-state index in [1.54, 1.807) is 12.3 Å². The molecule has 0 bridgehead atoms. The Hall–Kier alpha value is -2.62. The van der Waals surface area contributed by atoms with Gasteiger partial charge >= 0.3 is 0 Å². The maximum Gasteiger partial charge on any atom is 0.251 e. The fraction of sp³-hybridized carbons (Fsp3) is 0.364. The van der Waals surface area contributed by atoms with Crippen molar-refractivity contribution in [3.8, 4) is 0 Å². The Morgan fingerprint density at radius 3 is 2.88 bits per heavy atom. The summed E-state index contributed by atoms with van der Waals surface area (Å²) in [6.07, 6.45) is 10.2. The highest BCUT2D eigenvalue weighted by Gasteiger charge is 2.08. The van der Waals surface area contributed by atoms with Gasteiger partial charge in [-0.15, -0.1) is 0 Å². The summed E-state index contributed by atoms with van der Waals surface area (Å²) in [4.78, 5) is 16.8. The van der Waals surface area contributed by atoms with E-state index in [1.165, 1.54) is 36.8 Å². The van der Waals surface area contributed by atoms with E-state index in [4.69, 9.17) is 0 Å².